The second-order valence-electron chi connectivity index (χ2n) is 5.08. The fourth-order valence-corrected chi connectivity index (χ4v) is 2.53. The molecule has 6 nitrogen and oxygen atoms in total. The highest BCUT2D eigenvalue weighted by Crippen LogP contribution is 2.18. The van der Waals surface area contributed by atoms with Crippen molar-refractivity contribution in [2.75, 3.05) is 6.54 Å². The van der Waals surface area contributed by atoms with Crippen LogP contribution < -0.4 is 0 Å². The molecule has 1 amide bonds. The number of aryl methyl sites for hydroxylation is 1. The van der Waals surface area contributed by atoms with Gasteiger partial charge in [0.2, 0.25) is 5.82 Å². The number of carbonyl (C=O) groups is 1. The topological polar surface area (TPSA) is 63.4 Å². The SMILES string of the molecule is Cc1ccnc2nc(C(=O)N3CCCCC3C)nn12. The normalized spacial score (nSPS) is 19.9. The Labute approximate surface area is 111 Å². The molecule has 1 atom stereocenters. The molecule has 19 heavy (non-hydrogen) atoms. The Kier molecular flexibility index (Phi) is 2.93. The van der Waals surface area contributed by atoms with Crippen molar-refractivity contribution in [3.05, 3.63) is 23.8 Å². The number of aromatic nitrogens is 4. The summed E-state index contributed by atoms with van der Waals surface area (Å²) in [6.45, 7) is 4.79. The van der Waals surface area contributed by atoms with Gasteiger partial charge in [0.25, 0.3) is 11.7 Å². The number of amides is 1. The Morgan fingerprint density at radius 2 is 2.26 bits per heavy atom. The van der Waals surface area contributed by atoms with Gasteiger partial charge in [-0.2, -0.15) is 4.98 Å². The van der Waals surface area contributed by atoms with Crippen molar-refractivity contribution in [3.8, 4) is 0 Å². The Hall–Kier alpha value is -1.98. The Morgan fingerprint density at radius 1 is 1.42 bits per heavy atom. The molecular formula is C13H17N5O. The van der Waals surface area contributed by atoms with Gasteiger partial charge in [-0.1, -0.05) is 0 Å². The summed E-state index contributed by atoms with van der Waals surface area (Å²) in [5.74, 6) is 0.640. The fraction of sp³-hybridized carbons (Fsp3) is 0.538. The number of rotatable bonds is 1. The molecule has 1 aliphatic heterocycles. The van der Waals surface area contributed by atoms with Crippen molar-refractivity contribution >= 4 is 11.7 Å². The molecule has 0 spiro atoms. The molecular weight excluding hydrogens is 242 g/mol. The van der Waals surface area contributed by atoms with Crippen LogP contribution in [0, 0.1) is 6.92 Å². The van der Waals surface area contributed by atoms with Crippen LogP contribution in [0.15, 0.2) is 12.3 Å². The highest BCUT2D eigenvalue weighted by Gasteiger charge is 2.27. The monoisotopic (exact) mass is 259 g/mol. The first-order valence-corrected chi connectivity index (χ1v) is 6.66. The van der Waals surface area contributed by atoms with E-state index < -0.39 is 0 Å². The molecule has 0 aromatic carbocycles. The summed E-state index contributed by atoms with van der Waals surface area (Å²) >= 11 is 0. The van der Waals surface area contributed by atoms with Crippen LogP contribution in [0.1, 0.15) is 42.5 Å². The predicted molar refractivity (Wildman–Crippen MR) is 69.9 cm³/mol. The van der Waals surface area contributed by atoms with Crippen LogP contribution in [0.3, 0.4) is 0 Å². The number of hydrogen-bond donors (Lipinski definition) is 0. The Balaban J connectivity index is 1.95. The maximum atomic E-state index is 12.5. The number of nitrogens with zero attached hydrogens (tertiary/aromatic N) is 5. The van der Waals surface area contributed by atoms with E-state index in [0.717, 1.165) is 25.1 Å². The third kappa shape index (κ3) is 2.07. The zero-order valence-corrected chi connectivity index (χ0v) is 11.2. The van der Waals surface area contributed by atoms with Crippen molar-refractivity contribution in [3.63, 3.8) is 0 Å². The molecule has 0 bridgehead atoms. The summed E-state index contributed by atoms with van der Waals surface area (Å²) in [7, 11) is 0. The third-order valence-electron chi connectivity index (χ3n) is 3.69. The molecule has 0 radical (unpaired) electrons. The minimum Gasteiger partial charge on any atom is -0.333 e. The van der Waals surface area contributed by atoms with Gasteiger partial charge in [-0.25, -0.2) is 9.50 Å². The lowest BCUT2D eigenvalue weighted by Gasteiger charge is -2.32. The summed E-state index contributed by atoms with van der Waals surface area (Å²) in [6, 6.07) is 2.11. The van der Waals surface area contributed by atoms with E-state index in [-0.39, 0.29) is 17.8 Å². The maximum absolute atomic E-state index is 12.5. The number of likely N-dealkylation sites (tertiary alicyclic amines) is 1. The maximum Gasteiger partial charge on any atom is 0.293 e. The van der Waals surface area contributed by atoms with E-state index in [0.29, 0.717) is 5.78 Å². The highest BCUT2D eigenvalue weighted by atomic mass is 16.2. The van der Waals surface area contributed by atoms with Crippen LogP contribution in [-0.4, -0.2) is 43.0 Å². The van der Waals surface area contributed by atoms with Gasteiger partial charge < -0.3 is 4.90 Å². The molecule has 6 heteroatoms. The van der Waals surface area contributed by atoms with E-state index >= 15 is 0 Å². The van der Waals surface area contributed by atoms with Gasteiger partial charge in [-0.3, -0.25) is 4.79 Å². The zero-order chi connectivity index (χ0) is 13.4. The molecule has 0 N–H and O–H groups in total. The van der Waals surface area contributed by atoms with Crippen molar-refractivity contribution < 1.29 is 4.79 Å². The lowest BCUT2D eigenvalue weighted by molar-refractivity contribution is 0.0623. The zero-order valence-electron chi connectivity index (χ0n) is 11.2. The van der Waals surface area contributed by atoms with E-state index in [2.05, 4.69) is 22.0 Å². The molecule has 3 heterocycles. The third-order valence-corrected chi connectivity index (χ3v) is 3.69. The van der Waals surface area contributed by atoms with E-state index in [9.17, 15) is 4.79 Å². The average molecular weight is 259 g/mol. The van der Waals surface area contributed by atoms with Crippen LogP contribution in [0.5, 0.6) is 0 Å². The first kappa shape index (κ1) is 12.1. The van der Waals surface area contributed by atoms with Crippen LogP contribution in [0.2, 0.25) is 0 Å². The first-order chi connectivity index (χ1) is 9.16. The number of hydrogen-bond acceptors (Lipinski definition) is 4. The van der Waals surface area contributed by atoms with Gasteiger partial charge in [0.1, 0.15) is 0 Å². The van der Waals surface area contributed by atoms with Crippen LogP contribution in [0.4, 0.5) is 0 Å². The summed E-state index contributed by atoms with van der Waals surface area (Å²) in [5, 5.41) is 4.27. The lowest BCUT2D eigenvalue weighted by Crippen LogP contribution is -2.42. The van der Waals surface area contributed by atoms with Crippen LogP contribution >= 0.6 is 0 Å². The summed E-state index contributed by atoms with van der Waals surface area (Å²) in [5.41, 5.74) is 0.920. The van der Waals surface area contributed by atoms with Gasteiger partial charge >= 0.3 is 0 Å². The van der Waals surface area contributed by atoms with E-state index in [4.69, 9.17) is 0 Å². The summed E-state index contributed by atoms with van der Waals surface area (Å²) < 4.78 is 1.61. The quantitative estimate of drug-likeness (QED) is 0.777. The molecule has 1 fully saturated rings. The minimum absolute atomic E-state index is 0.0860. The molecule has 3 rings (SSSR count). The minimum atomic E-state index is -0.0860. The average Bonchev–Trinajstić information content (AvgIpc) is 2.84. The van der Waals surface area contributed by atoms with E-state index in [1.54, 1.807) is 10.7 Å². The second-order valence-corrected chi connectivity index (χ2v) is 5.08. The number of carbonyl (C=O) groups excluding carboxylic acids is 1. The largest absolute Gasteiger partial charge is 0.333 e. The number of piperidine rings is 1. The van der Waals surface area contributed by atoms with Gasteiger partial charge in [-0.15, -0.1) is 5.10 Å². The molecule has 1 aliphatic rings. The van der Waals surface area contributed by atoms with Gasteiger partial charge in [0.05, 0.1) is 0 Å². The van der Waals surface area contributed by atoms with Crippen molar-refractivity contribution in [1.29, 1.82) is 0 Å². The summed E-state index contributed by atoms with van der Waals surface area (Å²) in [4.78, 5) is 22.7. The fourth-order valence-electron chi connectivity index (χ4n) is 2.53. The summed E-state index contributed by atoms with van der Waals surface area (Å²) in [6.07, 6.45) is 4.97. The Morgan fingerprint density at radius 3 is 3.00 bits per heavy atom. The molecule has 1 unspecified atom stereocenters. The van der Waals surface area contributed by atoms with Crippen molar-refractivity contribution in [2.24, 2.45) is 0 Å². The smallest absolute Gasteiger partial charge is 0.293 e. The lowest BCUT2D eigenvalue weighted by atomic mass is 10.0. The van der Waals surface area contributed by atoms with Crippen LogP contribution in [-0.2, 0) is 0 Å². The standard InChI is InChI=1S/C13H17N5O/c1-9-5-3-4-8-17(9)12(19)11-15-13-14-7-6-10(2)18(13)16-11/h6-7,9H,3-5,8H2,1-2H3. The molecule has 0 aliphatic carbocycles. The van der Waals surface area contributed by atoms with Crippen molar-refractivity contribution in [1.82, 2.24) is 24.5 Å². The van der Waals surface area contributed by atoms with E-state index in [1.165, 1.54) is 6.42 Å². The van der Waals surface area contributed by atoms with Crippen LogP contribution in [0.25, 0.3) is 5.78 Å². The van der Waals surface area contributed by atoms with Gasteiger partial charge in [-0.05, 0) is 39.2 Å². The molecule has 1 saturated heterocycles. The van der Waals surface area contributed by atoms with Gasteiger partial charge in [0.15, 0.2) is 0 Å². The highest BCUT2D eigenvalue weighted by molar-refractivity contribution is 5.91. The van der Waals surface area contributed by atoms with E-state index in [1.807, 2.05) is 17.9 Å². The Bertz CT molecular complexity index is 621. The van der Waals surface area contributed by atoms with Gasteiger partial charge in [0, 0.05) is 24.5 Å². The molecule has 100 valence electrons. The van der Waals surface area contributed by atoms with Crippen molar-refractivity contribution in [2.45, 2.75) is 39.2 Å². The first-order valence-electron chi connectivity index (χ1n) is 6.66. The predicted octanol–water partition coefficient (Wildman–Crippen LogP) is 1.45. The number of fused-ring (bicyclic) bond motifs is 1. The molecule has 0 saturated carbocycles. The molecule has 2 aromatic heterocycles. The molecule has 2 aromatic rings. The second kappa shape index (κ2) is 4.60.